The van der Waals surface area contributed by atoms with Crippen LogP contribution in [-0.4, -0.2) is 0 Å². The predicted octanol–water partition coefficient (Wildman–Crippen LogP) is 4.42. The molecule has 0 aliphatic rings. The third-order valence-corrected chi connectivity index (χ3v) is 1.77. The Morgan fingerprint density at radius 3 is 2.09 bits per heavy atom. The van der Waals surface area contributed by atoms with E-state index in [0.29, 0.717) is 0 Å². The van der Waals surface area contributed by atoms with Gasteiger partial charge in [-0.2, -0.15) is 0 Å². The molecular formula is C11H24. The van der Waals surface area contributed by atoms with Crippen LogP contribution in [0.4, 0.5) is 0 Å². The summed E-state index contributed by atoms with van der Waals surface area (Å²) in [5.41, 5.74) is 0. The highest BCUT2D eigenvalue weighted by Gasteiger charge is 2.00. The van der Waals surface area contributed by atoms with Gasteiger partial charge in [-0.1, -0.05) is 53.0 Å². The maximum Gasteiger partial charge on any atom is -0.0325 e. The van der Waals surface area contributed by atoms with Crippen LogP contribution in [0, 0.1) is 5.92 Å². The third-order valence-electron chi connectivity index (χ3n) is 1.77. The van der Waals surface area contributed by atoms with Gasteiger partial charge in [-0.25, -0.2) is 0 Å². The summed E-state index contributed by atoms with van der Waals surface area (Å²) in [7, 11) is 0. The van der Waals surface area contributed by atoms with Crippen LogP contribution in [0.3, 0.4) is 0 Å². The Hall–Kier alpha value is -0.260. The molecule has 0 nitrogen and oxygen atoms in total. The van der Waals surface area contributed by atoms with Gasteiger partial charge < -0.3 is 0 Å². The predicted molar refractivity (Wildman–Crippen MR) is 54.9 cm³/mol. The highest BCUT2D eigenvalue weighted by Crippen LogP contribution is 2.14. The smallest absolute Gasteiger partial charge is 0.0325 e. The van der Waals surface area contributed by atoms with Gasteiger partial charge in [0.05, 0.1) is 0 Å². The van der Waals surface area contributed by atoms with E-state index in [9.17, 15) is 0 Å². The molecule has 0 heterocycles. The van der Waals surface area contributed by atoms with Gasteiger partial charge in [-0.05, 0) is 12.3 Å². The maximum absolute atomic E-state index is 3.73. The van der Waals surface area contributed by atoms with Crippen molar-refractivity contribution in [2.24, 2.45) is 5.92 Å². The molecule has 0 amide bonds. The van der Waals surface area contributed by atoms with E-state index < -0.39 is 0 Å². The van der Waals surface area contributed by atoms with Gasteiger partial charge >= 0.3 is 0 Å². The highest BCUT2D eigenvalue weighted by molar-refractivity contribution is 4.71. The lowest BCUT2D eigenvalue weighted by Gasteiger charge is -2.09. The maximum atomic E-state index is 3.73. The van der Waals surface area contributed by atoms with E-state index in [1.54, 1.807) is 0 Å². The normalized spacial score (nSPS) is 11.3. The minimum absolute atomic E-state index is 0.896. The molecule has 68 valence electrons. The van der Waals surface area contributed by atoms with Crippen LogP contribution in [0.2, 0.25) is 0 Å². The molecule has 0 saturated heterocycles. The Morgan fingerprint density at radius 1 is 1.27 bits per heavy atom. The van der Waals surface area contributed by atoms with E-state index in [1.807, 2.05) is 19.9 Å². The van der Waals surface area contributed by atoms with E-state index in [1.165, 1.54) is 25.7 Å². The molecule has 0 saturated carbocycles. The van der Waals surface area contributed by atoms with Gasteiger partial charge in [0.1, 0.15) is 0 Å². The van der Waals surface area contributed by atoms with Gasteiger partial charge in [-0.3, -0.25) is 0 Å². The third kappa shape index (κ3) is 9.74. The second kappa shape index (κ2) is 12.4. The lowest BCUT2D eigenvalue weighted by atomic mass is 9.97. The first-order chi connectivity index (χ1) is 5.35. The molecule has 1 unspecified atom stereocenters. The lowest BCUT2D eigenvalue weighted by Crippen LogP contribution is -1.94. The summed E-state index contributed by atoms with van der Waals surface area (Å²) in [4.78, 5) is 0. The minimum atomic E-state index is 0.896. The van der Waals surface area contributed by atoms with Crippen LogP contribution >= 0.6 is 0 Å². The molecule has 0 heteroatoms. The van der Waals surface area contributed by atoms with E-state index >= 15 is 0 Å². The fourth-order valence-corrected chi connectivity index (χ4v) is 1.13. The Kier molecular flexibility index (Phi) is 15.1. The Labute approximate surface area is 72.7 Å². The van der Waals surface area contributed by atoms with Gasteiger partial charge in [0, 0.05) is 0 Å². The Morgan fingerprint density at radius 2 is 1.82 bits per heavy atom. The molecule has 0 aliphatic carbocycles. The molecule has 0 rings (SSSR count). The van der Waals surface area contributed by atoms with Crippen molar-refractivity contribution < 1.29 is 0 Å². The molecule has 11 heavy (non-hydrogen) atoms. The van der Waals surface area contributed by atoms with Gasteiger partial charge in [-0.15, -0.1) is 6.58 Å². The summed E-state index contributed by atoms with van der Waals surface area (Å²) < 4.78 is 0. The number of allylic oxidation sites excluding steroid dienone is 1. The zero-order valence-electron chi connectivity index (χ0n) is 8.69. The van der Waals surface area contributed by atoms with Gasteiger partial charge in [0.25, 0.3) is 0 Å². The van der Waals surface area contributed by atoms with Crippen molar-refractivity contribution in [3.8, 4) is 0 Å². The van der Waals surface area contributed by atoms with Crippen molar-refractivity contribution in [3.63, 3.8) is 0 Å². The number of rotatable bonds is 5. The quantitative estimate of drug-likeness (QED) is 0.517. The summed E-state index contributed by atoms with van der Waals surface area (Å²) in [5, 5.41) is 0. The zero-order valence-corrected chi connectivity index (χ0v) is 8.69. The molecular weight excluding hydrogens is 132 g/mol. The molecule has 0 fully saturated rings. The minimum Gasteiger partial charge on any atom is -0.103 e. The largest absolute Gasteiger partial charge is 0.103 e. The Bertz CT molecular complexity index is 64.4. The van der Waals surface area contributed by atoms with Crippen molar-refractivity contribution in [3.05, 3.63) is 12.7 Å². The molecule has 1 atom stereocenters. The van der Waals surface area contributed by atoms with Crippen LogP contribution in [0.15, 0.2) is 12.7 Å². The molecule has 0 N–H and O–H groups in total. The first-order valence-electron chi connectivity index (χ1n) is 4.96. The van der Waals surface area contributed by atoms with Crippen LogP contribution in [-0.2, 0) is 0 Å². The van der Waals surface area contributed by atoms with Crippen molar-refractivity contribution in [1.82, 2.24) is 0 Å². The lowest BCUT2D eigenvalue weighted by molar-refractivity contribution is 0.470. The number of hydrogen-bond acceptors (Lipinski definition) is 0. The molecule has 0 aromatic carbocycles. The summed E-state index contributed by atoms with van der Waals surface area (Å²) in [6.45, 7) is 12.2. The van der Waals surface area contributed by atoms with Gasteiger partial charge in [0.2, 0.25) is 0 Å². The summed E-state index contributed by atoms with van der Waals surface area (Å²) in [5.74, 6) is 0.896. The highest BCUT2D eigenvalue weighted by atomic mass is 14.1. The fourth-order valence-electron chi connectivity index (χ4n) is 1.13. The standard InChI is InChI=1S/C9H18.C2H6/c1-4-7-9(6-3)8-5-2;1-2/h4,9H,1,5-8H2,2-3H3;1-2H3. The summed E-state index contributed by atoms with van der Waals surface area (Å²) in [6, 6.07) is 0. The molecule has 0 radical (unpaired) electrons. The average Bonchev–Trinajstić information content (AvgIpc) is 2.08. The second-order valence-corrected chi connectivity index (χ2v) is 2.59. The summed E-state index contributed by atoms with van der Waals surface area (Å²) in [6.07, 6.45) is 7.21. The summed E-state index contributed by atoms with van der Waals surface area (Å²) >= 11 is 0. The monoisotopic (exact) mass is 156 g/mol. The van der Waals surface area contributed by atoms with E-state index in [2.05, 4.69) is 20.4 Å². The first-order valence-corrected chi connectivity index (χ1v) is 4.96. The molecule has 0 aliphatic heterocycles. The fraction of sp³-hybridized carbons (Fsp3) is 0.818. The van der Waals surface area contributed by atoms with Crippen LogP contribution in [0.1, 0.15) is 53.4 Å². The second-order valence-electron chi connectivity index (χ2n) is 2.59. The van der Waals surface area contributed by atoms with Crippen molar-refractivity contribution >= 4 is 0 Å². The van der Waals surface area contributed by atoms with Crippen molar-refractivity contribution in [2.75, 3.05) is 0 Å². The molecule has 0 bridgehead atoms. The van der Waals surface area contributed by atoms with Crippen LogP contribution < -0.4 is 0 Å². The molecule has 0 aromatic heterocycles. The zero-order chi connectivity index (χ0) is 9.11. The average molecular weight is 156 g/mol. The van der Waals surface area contributed by atoms with E-state index in [4.69, 9.17) is 0 Å². The molecule has 0 spiro atoms. The topological polar surface area (TPSA) is 0 Å². The molecule has 0 aromatic rings. The SMILES string of the molecule is C=CCC(CC)CCC.CC. The van der Waals surface area contributed by atoms with E-state index in [-0.39, 0.29) is 0 Å². The van der Waals surface area contributed by atoms with Crippen LogP contribution in [0.5, 0.6) is 0 Å². The van der Waals surface area contributed by atoms with Crippen molar-refractivity contribution in [2.45, 2.75) is 53.4 Å². The van der Waals surface area contributed by atoms with Gasteiger partial charge in [0.15, 0.2) is 0 Å². The van der Waals surface area contributed by atoms with Crippen molar-refractivity contribution in [1.29, 1.82) is 0 Å². The van der Waals surface area contributed by atoms with Crippen LogP contribution in [0.25, 0.3) is 0 Å². The Balaban J connectivity index is 0. The van der Waals surface area contributed by atoms with E-state index in [0.717, 1.165) is 5.92 Å². The first kappa shape index (κ1) is 13.3. The number of hydrogen-bond donors (Lipinski definition) is 0.